The minimum absolute atomic E-state index is 0.309. The molecule has 0 radical (unpaired) electrons. The van der Waals surface area contributed by atoms with E-state index in [1.807, 2.05) is 30.3 Å². The third-order valence-electron chi connectivity index (χ3n) is 3.48. The third-order valence-corrected chi connectivity index (χ3v) is 3.48. The molecule has 0 spiro atoms. The fourth-order valence-electron chi connectivity index (χ4n) is 2.37. The Morgan fingerprint density at radius 3 is 2.71 bits per heavy atom. The zero-order valence-electron chi connectivity index (χ0n) is 12.0. The predicted molar refractivity (Wildman–Crippen MR) is 75.3 cm³/mol. The summed E-state index contributed by atoms with van der Waals surface area (Å²) in [6.07, 6.45) is -2.92. The van der Waals surface area contributed by atoms with Gasteiger partial charge in [0.1, 0.15) is 6.10 Å². The highest BCUT2D eigenvalue weighted by atomic mass is 16.7. The van der Waals surface area contributed by atoms with E-state index >= 15 is 0 Å². The molecule has 1 fully saturated rings. The van der Waals surface area contributed by atoms with Crippen LogP contribution in [-0.4, -0.2) is 42.9 Å². The lowest BCUT2D eigenvalue weighted by Gasteiger charge is -2.41. The molecule has 5 unspecified atom stereocenters. The van der Waals surface area contributed by atoms with Crippen LogP contribution in [0.25, 0.3) is 10.4 Å². The molecule has 1 aliphatic heterocycles. The summed E-state index contributed by atoms with van der Waals surface area (Å²) in [6, 6.07) is 8.96. The van der Waals surface area contributed by atoms with Crippen LogP contribution in [0, 0.1) is 0 Å². The van der Waals surface area contributed by atoms with Gasteiger partial charge in [0.25, 0.3) is 0 Å². The highest BCUT2D eigenvalue weighted by Crippen LogP contribution is 2.27. The molecule has 5 atom stereocenters. The first-order valence-electron chi connectivity index (χ1n) is 6.73. The summed E-state index contributed by atoms with van der Waals surface area (Å²) in [6.45, 7) is 2.07. The lowest BCUT2D eigenvalue weighted by atomic mass is 9.97. The van der Waals surface area contributed by atoms with Gasteiger partial charge in [-0.2, -0.15) is 0 Å². The monoisotopic (exact) mass is 293 g/mol. The predicted octanol–water partition coefficient (Wildman–Crippen LogP) is 2.00. The van der Waals surface area contributed by atoms with E-state index in [4.69, 9.17) is 19.7 Å². The van der Waals surface area contributed by atoms with Crippen molar-refractivity contribution in [1.29, 1.82) is 0 Å². The van der Waals surface area contributed by atoms with Crippen molar-refractivity contribution in [3.63, 3.8) is 0 Å². The van der Waals surface area contributed by atoms with Crippen molar-refractivity contribution in [3.8, 4) is 0 Å². The molecule has 1 aromatic carbocycles. The maximum absolute atomic E-state index is 10.3. The molecule has 0 aliphatic carbocycles. The summed E-state index contributed by atoms with van der Waals surface area (Å²) in [5.41, 5.74) is 9.65. The third kappa shape index (κ3) is 3.72. The lowest BCUT2D eigenvalue weighted by Crippen LogP contribution is -2.57. The molecule has 1 N–H and O–H groups in total. The minimum atomic E-state index is -1.02. The van der Waals surface area contributed by atoms with Gasteiger partial charge >= 0.3 is 0 Å². The molecule has 7 nitrogen and oxygen atoms in total. The van der Waals surface area contributed by atoms with Gasteiger partial charge in [-0.15, -0.1) is 0 Å². The first-order valence-corrected chi connectivity index (χ1v) is 6.73. The van der Waals surface area contributed by atoms with Crippen LogP contribution in [0.3, 0.4) is 0 Å². The van der Waals surface area contributed by atoms with Crippen molar-refractivity contribution in [2.45, 2.75) is 44.2 Å². The lowest BCUT2D eigenvalue weighted by molar-refractivity contribution is -0.269. The maximum atomic E-state index is 10.3. The molecule has 2 rings (SSSR count). The number of rotatable bonds is 5. The van der Waals surface area contributed by atoms with E-state index in [1.165, 1.54) is 7.11 Å². The van der Waals surface area contributed by atoms with Crippen LogP contribution in [0.1, 0.15) is 12.5 Å². The minimum Gasteiger partial charge on any atom is -0.385 e. The van der Waals surface area contributed by atoms with Crippen LogP contribution in [0.2, 0.25) is 0 Å². The van der Waals surface area contributed by atoms with E-state index in [1.54, 1.807) is 6.92 Å². The van der Waals surface area contributed by atoms with Gasteiger partial charge in [-0.1, -0.05) is 35.4 Å². The molecular formula is C14H19N3O4. The molecule has 0 bridgehead atoms. The van der Waals surface area contributed by atoms with Gasteiger partial charge in [-0.3, -0.25) is 0 Å². The van der Waals surface area contributed by atoms with Crippen molar-refractivity contribution in [2.24, 2.45) is 5.11 Å². The molecule has 1 aliphatic rings. The smallest absolute Gasteiger partial charge is 0.185 e. The molecule has 21 heavy (non-hydrogen) atoms. The number of hydrogen-bond donors (Lipinski definition) is 1. The van der Waals surface area contributed by atoms with Gasteiger partial charge in [-0.25, -0.2) is 0 Å². The topological polar surface area (TPSA) is 96.7 Å². The van der Waals surface area contributed by atoms with Crippen LogP contribution in [-0.2, 0) is 20.8 Å². The largest absolute Gasteiger partial charge is 0.385 e. The van der Waals surface area contributed by atoms with E-state index in [0.29, 0.717) is 6.61 Å². The molecule has 1 aromatic rings. The van der Waals surface area contributed by atoms with Gasteiger partial charge in [-0.05, 0) is 18.0 Å². The molecular weight excluding hydrogens is 274 g/mol. The van der Waals surface area contributed by atoms with Gasteiger partial charge in [0, 0.05) is 12.0 Å². The summed E-state index contributed by atoms with van der Waals surface area (Å²) in [5.74, 6) is 0. The molecule has 1 saturated heterocycles. The number of azide groups is 1. The van der Waals surface area contributed by atoms with E-state index in [2.05, 4.69) is 10.0 Å². The number of nitrogens with zero attached hydrogens (tertiary/aromatic N) is 3. The number of benzene rings is 1. The fourth-order valence-corrected chi connectivity index (χ4v) is 2.37. The molecule has 0 aromatic heterocycles. The number of ether oxygens (including phenoxy) is 3. The highest BCUT2D eigenvalue weighted by molar-refractivity contribution is 5.13. The number of aliphatic hydroxyl groups is 1. The highest BCUT2D eigenvalue weighted by Gasteiger charge is 2.44. The summed E-state index contributed by atoms with van der Waals surface area (Å²) >= 11 is 0. The standard InChI is InChI=1S/C14H19N3O4/c1-9-11(16-17-15)13(12(18)14(19-2)21-9)20-8-10-6-4-3-5-7-10/h3-7,9,11-14,18H,8H2,1-2H3. The number of hydrogen-bond acceptors (Lipinski definition) is 5. The first kappa shape index (κ1) is 15.8. The zero-order chi connectivity index (χ0) is 15.2. The van der Waals surface area contributed by atoms with E-state index in [-0.39, 0.29) is 0 Å². The van der Waals surface area contributed by atoms with Gasteiger partial charge in [0.15, 0.2) is 6.29 Å². The Hall–Kier alpha value is -1.63. The van der Waals surface area contributed by atoms with Crippen LogP contribution in [0.5, 0.6) is 0 Å². The van der Waals surface area contributed by atoms with Crippen molar-refractivity contribution in [1.82, 2.24) is 0 Å². The van der Waals surface area contributed by atoms with Crippen LogP contribution in [0.15, 0.2) is 35.4 Å². The molecule has 0 saturated carbocycles. The van der Waals surface area contributed by atoms with Gasteiger partial charge in [0.05, 0.1) is 24.9 Å². The number of aliphatic hydroxyl groups excluding tert-OH is 1. The maximum Gasteiger partial charge on any atom is 0.185 e. The molecule has 1 heterocycles. The van der Waals surface area contributed by atoms with Crippen LogP contribution in [0.4, 0.5) is 0 Å². The Morgan fingerprint density at radius 2 is 2.10 bits per heavy atom. The van der Waals surface area contributed by atoms with E-state index < -0.39 is 30.6 Å². The second-order valence-corrected chi connectivity index (χ2v) is 4.89. The number of methoxy groups -OCH3 is 1. The van der Waals surface area contributed by atoms with E-state index in [0.717, 1.165) is 5.56 Å². The van der Waals surface area contributed by atoms with Crippen molar-refractivity contribution < 1.29 is 19.3 Å². The Labute approximate surface area is 123 Å². The van der Waals surface area contributed by atoms with E-state index in [9.17, 15) is 5.11 Å². The van der Waals surface area contributed by atoms with Crippen molar-refractivity contribution >= 4 is 0 Å². The SMILES string of the molecule is COC1OC(C)C(N=[N+]=[N-])C(OCc2ccccc2)C1O. The molecule has 0 amide bonds. The van der Waals surface area contributed by atoms with Gasteiger partial charge in [0.2, 0.25) is 0 Å². The Kier molecular flexibility index (Phi) is 5.55. The summed E-state index contributed by atoms with van der Waals surface area (Å²) in [4.78, 5) is 2.81. The second kappa shape index (κ2) is 7.40. The zero-order valence-corrected chi connectivity index (χ0v) is 12.0. The summed E-state index contributed by atoms with van der Waals surface area (Å²) < 4.78 is 16.3. The van der Waals surface area contributed by atoms with Crippen LogP contribution < -0.4 is 0 Å². The Morgan fingerprint density at radius 1 is 1.38 bits per heavy atom. The summed E-state index contributed by atoms with van der Waals surface area (Å²) in [7, 11) is 1.45. The average Bonchev–Trinajstić information content (AvgIpc) is 2.51. The second-order valence-electron chi connectivity index (χ2n) is 4.89. The van der Waals surface area contributed by atoms with Gasteiger partial charge < -0.3 is 19.3 Å². The van der Waals surface area contributed by atoms with Crippen molar-refractivity contribution in [3.05, 3.63) is 46.3 Å². The molecule has 114 valence electrons. The quantitative estimate of drug-likeness (QED) is 0.510. The Balaban J connectivity index is 2.11. The summed E-state index contributed by atoms with van der Waals surface area (Å²) in [5, 5.41) is 14.0. The van der Waals surface area contributed by atoms with Crippen molar-refractivity contribution in [2.75, 3.05) is 7.11 Å². The normalized spacial score (nSPS) is 32.4. The van der Waals surface area contributed by atoms with Crippen LogP contribution >= 0.6 is 0 Å². The molecule has 7 heteroatoms. The average molecular weight is 293 g/mol. The Bertz CT molecular complexity index is 492. The fraction of sp³-hybridized carbons (Fsp3) is 0.571. The first-order chi connectivity index (χ1) is 10.2.